The second kappa shape index (κ2) is 7.80. The first-order valence-corrected chi connectivity index (χ1v) is 9.06. The zero-order valence-corrected chi connectivity index (χ0v) is 13.9. The third-order valence-corrected chi connectivity index (χ3v) is 5.03. The molecule has 1 heterocycles. The van der Waals surface area contributed by atoms with Crippen LogP contribution < -0.4 is 14.8 Å². The van der Waals surface area contributed by atoms with Gasteiger partial charge in [0, 0.05) is 28.3 Å². The molecule has 0 fully saturated rings. The smallest absolute Gasteiger partial charge is 0.161 e. The lowest BCUT2D eigenvalue weighted by atomic mass is 10.1. The molecule has 5 heteroatoms. The van der Waals surface area contributed by atoms with Crippen molar-refractivity contribution in [1.29, 1.82) is 0 Å². The normalized spacial score (nSPS) is 16.8. The van der Waals surface area contributed by atoms with Crippen molar-refractivity contribution in [3.05, 3.63) is 23.8 Å². The minimum absolute atomic E-state index is 0.0883. The van der Waals surface area contributed by atoms with E-state index in [1.165, 1.54) is 0 Å². The lowest BCUT2D eigenvalue weighted by Crippen LogP contribution is -2.27. The van der Waals surface area contributed by atoms with Crippen LogP contribution in [0.2, 0.25) is 0 Å². The van der Waals surface area contributed by atoms with Crippen molar-refractivity contribution in [2.45, 2.75) is 26.8 Å². The molecule has 0 saturated carbocycles. The van der Waals surface area contributed by atoms with E-state index in [9.17, 15) is 4.21 Å². The molecule has 1 aromatic carbocycles. The van der Waals surface area contributed by atoms with E-state index in [1.54, 1.807) is 0 Å². The summed E-state index contributed by atoms with van der Waals surface area (Å²) in [5.74, 6) is 3.41. The van der Waals surface area contributed by atoms with Crippen LogP contribution in [-0.4, -0.2) is 35.5 Å². The van der Waals surface area contributed by atoms with Gasteiger partial charge in [-0.25, -0.2) is 0 Å². The molecule has 2 rings (SSSR count). The number of ether oxygens (including phenoxy) is 2. The van der Waals surface area contributed by atoms with Crippen molar-refractivity contribution in [3.8, 4) is 11.5 Å². The van der Waals surface area contributed by atoms with Crippen molar-refractivity contribution in [1.82, 2.24) is 5.32 Å². The average Bonchev–Trinajstić information content (AvgIpc) is 2.45. The Morgan fingerprint density at radius 1 is 1.19 bits per heavy atom. The number of rotatable bonds is 7. The third-order valence-electron chi connectivity index (χ3n) is 3.29. The van der Waals surface area contributed by atoms with Gasteiger partial charge in [-0.3, -0.25) is 4.21 Å². The molecule has 21 heavy (non-hydrogen) atoms. The summed E-state index contributed by atoms with van der Waals surface area (Å²) in [5, 5.41) is 3.42. The first kappa shape index (κ1) is 16.3. The molecule has 1 N–H and O–H groups in total. The van der Waals surface area contributed by atoms with Gasteiger partial charge in [0.1, 0.15) is 13.2 Å². The summed E-state index contributed by atoms with van der Waals surface area (Å²) in [6.45, 7) is 8.30. The third kappa shape index (κ3) is 4.71. The van der Waals surface area contributed by atoms with Crippen LogP contribution in [0.15, 0.2) is 18.2 Å². The van der Waals surface area contributed by atoms with E-state index in [0.717, 1.165) is 29.4 Å². The van der Waals surface area contributed by atoms with Crippen LogP contribution >= 0.6 is 0 Å². The lowest BCUT2D eigenvalue weighted by Gasteiger charge is -2.23. The summed E-state index contributed by atoms with van der Waals surface area (Å²) in [6, 6.07) is 6.08. The quantitative estimate of drug-likeness (QED) is 0.840. The highest BCUT2D eigenvalue weighted by atomic mass is 32.2. The fourth-order valence-corrected chi connectivity index (χ4v) is 3.98. The van der Waals surface area contributed by atoms with Gasteiger partial charge in [-0.05, 0) is 30.2 Å². The molecule has 0 amide bonds. The molecular formula is C16H25NO3S. The lowest BCUT2D eigenvalue weighted by molar-refractivity contribution is 0.171. The molecule has 0 saturated heterocycles. The predicted molar refractivity (Wildman–Crippen MR) is 86.6 cm³/mol. The Kier molecular flexibility index (Phi) is 6.06. The van der Waals surface area contributed by atoms with E-state index in [2.05, 4.69) is 26.1 Å². The summed E-state index contributed by atoms with van der Waals surface area (Å²) in [5.41, 5.74) is 1.11. The minimum atomic E-state index is -0.818. The van der Waals surface area contributed by atoms with Crippen LogP contribution in [-0.2, 0) is 10.8 Å². The van der Waals surface area contributed by atoms with Crippen molar-refractivity contribution >= 4 is 10.8 Å². The Bertz CT molecular complexity index is 490. The van der Waals surface area contributed by atoms with Crippen LogP contribution in [0.3, 0.4) is 0 Å². The second-order valence-electron chi connectivity index (χ2n) is 5.68. The number of nitrogens with one attached hydrogen (secondary N) is 1. The predicted octanol–water partition coefficient (Wildman–Crippen LogP) is 2.51. The maximum absolute atomic E-state index is 12.2. The summed E-state index contributed by atoms with van der Waals surface area (Å²) >= 11 is 0. The Morgan fingerprint density at radius 2 is 1.90 bits per heavy atom. The Hall–Kier alpha value is -1.07. The zero-order chi connectivity index (χ0) is 15.2. The van der Waals surface area contributed by atoms with E-state index in [-0.39, 0.29) is 6.04 Å². The molecule has 0 spiro atoms. The topological polar surface area (TPSA) is 47.6 Å². The minimum Gasteiger partial charge on any atom is -0.486 e. The van der Waals surface area contributed by atoms with Gasteiger partial charge in [-0.15, -0.1) is 0 Å². The summed E-state index contributed by atoms with van der Waals surface area (Å²) in [6.07, 6.45) is 0. The van der Waals surface area contributed by atoms with Crippen LogP contribution in [0.4, 0.5) is 0 Å². The van der Waals surface area contributed by atoms with Gasteiger partial charge < -0.3 is 14.8 Å². The molecule has 2 unspecified atom stereocenters. The van der Waals surface area contributed by atoms with E-state index in [0.29, 0.717) is 24.9 Å². The van der Waals surface area contributed by atoms with Gasteiger partial charge in [-0.1, -0.05) is 26.8 Å². The summed E-state index contributed by atoms with van der Waals surface area (Å²) in [7, 11) is -0.818. The SMILES string of the molecule is CCNC(CS(=O)CC(C)C)c1ccc2c(c1)OCCO2. The van der Waals surface area contributed by atoms with Crippen molar-refractivity contribution in [2.24, 2.45) is 5.92 Å². The van der Waals surface area contributed by atoms with Gasteiger partial charge in [0.25, 0.3) is 0 Å². The van der Waals surface area contributed by atoms with E-state index in [1.807, 2.05) is 18.2 Å². The molecule has 1 aromatic rings. The highest BCUT2D eigenvalue weighted by molar-refractivity contribution is 7.85. The van der Waals surface area contributed by atoms with Crippen molar-refractivity contribution in [3.63, 3.8) is 0 Å². The first-order valence-electron chi connectivity index (χ1n) is 7.58. The second-order valence-corrected chi connectivity index (χ2v) is 7.23. The van der Waals surface area contributed by atoms with Crippen LogP contribution in [0, 0.1) is 5.92 Å². The molecule has 1 aliphatic heterocycles. The zero-order valence-electron chi connectivity index (χ0n) is 13.1. The monoisotopic (exact) mass is 311 g/mol. The first-order chi connectivity index (χ1) is 10.1. The van der Waals surface area contributed by atoms with Gasteiger partial charge in [-0.2, -0.15) is 0 Å². The van der Waals surface area contributed by atoms with Gasteiger partial charge in [0.15, 0.2) is 11.5 Å². The summed E-state index contributed by atoms with van der Waals surface area (Å²) < 4.78 is 23.4. The molecule has 0 radical (unpaired) electrons. The maximum atomic E-state index is 12.2. The summed E-state index contributed by atoms with van der Waals surface area (Å²) in [4.78, 5) is 0. The molecule has 4 nitrogen and oxygen atoms in total. The fourth-order valence-electron chi connectivity index (χ4n) is 2.42. The fraction of sp³-hybridized carbons (Fsp3) is 0.625. The Balaban J connectivity index is 2.11. The van der Waals surface area contributed by atoms with Crippen LogP contribution in [0.25, 0.3) is 0 Å². The van der Waals surface area contributed by atoms with E-state index in [4.69, 9.17) is 9.47 Å². The van der Waals surface area contributed by atoms with Crippen LogP contribution in [0.1, 0.15) is 32.4 Å². The highest BCUT2D eigenvalue weighted by Gasteiger charge is 2.18. The molecular weight excluding hydrogens is 286 g/mol. The Morgan fingerprint density at radius 3 is 2.57 bits per heavy atom. The highest BCUT2D eigenvalue weighted by Crippen LogP contribution is 2.32. The van der Waals surface area contributed by atoms with E-state index < -0.39 is 10.8 Å². The number of benzene rings is 1. The number of hydrogen-bond acceptors (Lipinski definition) is 4. The molecule has 0 bridgehead atoms. The Labute approximate surface area is 129 Å². The van der Waals surface area contributed by atoms with Gasteiger partial charge in [0.2, 0.25) is 0 Å². The standard InChI is InChI=1S/C16H25NO3S/c1-4-17-14(11-21(18)10-12(2)3)13-5-6-15-16(9-13)20-8-7-19-15/h5-6,9,12,14,17H,4,7-8,10-11H2,1-3H3. The molecule has 118 valence electrons. The average molecular weight is 311 g/mol. The maximum Gasteiger partial charge on any atom is 0.161 e. The molecule has 0 aliphatic carbocycles. The molecule has 1 aliphatic rings. The van der Waals surface area contributed by atoms with E-state index >= 15 is 0 Å². The van der Waals surface area contributed by atoms with Gasteiger partial charge in [0.05, 0.1) is 0 Å². The molecule has 2 atom stereocenters. The number of hydrogen-bond donors (Lipinski definition) is 1. The van der Waals surface area contributed by atoms with Crippen LogP contribution in [0.5, 0.6) is 11.5 Å². The van der Waals surface area contributed by atoms with Crippen molar-refractivity contribution in [2.75, 3.05) is 31.3 Å². The van der Waals surface area contributed by atoms with Gasteiger partial charge >= 0.3 is 0 Å². The molecule has 0 aromatic heterocycles. The largest absolute Gasteiger partial charge is 0.486 e. The van der Waals surface area contributed by atoms with Crippen molar-refractivity contribution < 1.29 is 13.7 Å². The number of fused-ring (bicyclic) bond motifs is 1.